The highest BCUT2D eigenvalue weighted by Gasteiger charge is 2.17. The van der Waals surface area contributed by atoms with Crippen LogP contribution < -0.4 is 9.46 Å². The molecule has 0 aromatic heterocycles. The van der Waals surface area contributed by atoms with E-state index in [2.05, 4.69) is 4.72 Å². The van der Waals surface area contributed by atoms with Crippen LogP contribution in [0.2, 0.25) is 0 Å². The number of hydrogen-bond acceptors (Lipinski definition) is 5. The van der Waals surface area contributed by atoms with Crippen LogP contribution in [0.15, 0.2) is 58.3 Å². The van der Waals surface area contributed by atoms with Crippen LogP contribution in [-0.2, 0) is 10.0 Å². The van der Waals surface area contributed by atoms with Gasteiger partial charge in [0.15, 0.2) is 6.10 Å². The predicted octanol–water partition coefficient (Wildman–Crippen LogP) is 2.97. The van der Waals surface area contributed by atoms with Gasteiger partial charge < -0.3 is 4.74 Å². The standard InChI is InChI=1S/C17H18N2O3S2/c1-13-10-14(8-9-17(13)23-2)22-15(11-18)12-19-24(20,21)16-6-4-3-5-7-16/h3-10,15,19H,12H2,1-2H3. The summed E-state index contributed by atoms with van der Waals surface area (Å²) in [6.07, 6.45) is 1.07. The second-order valence-electron chi connectivity index (χ2n) is 5.03. The molecule has 5 nitrogen and oxygen atoms in total. The smallest absolute Gasteiger partial charge is 0.240 e. The van der Waals surface area contributed by atoms with Crippen molar-refractivity contribution in [3.8, 4) is 11.8 Å². The Kier molecular flexibility index (Phi) is 6.26. The van der Waals surface area contributed by atoms with Crippen molar-refractivity contribution in [1.82, 2.24) is 4.72 Å². The lowest BCUT2D eigenvalue weighted by atomic mass is 10.2. The van der Waals surface area contributed by atoms with Crippen LogP contribution in [0.5, 0.6) is 5.75 Å². The number of nitrogens with zero attached hydrogens (tertiary/aromatic N) is 1. The second-order valence-corrected chi connectivity index (χ2v) is 7.65. The molecule has 0 aliphatic rings. The molecule has 24 heavy (non-hydrogen) atoms. The van der Waals surface area contributed by atoms with Gasteiger partial charge in [0.05, 0.1) is 11.4 Å². The zero-order chi connectivity index (χ0) is 17.6. The minimum atomic E-state index is -3.66. The van der Waals surface area contributed by atoms with Gasteiger partial charge in [-0.3, -0.25) is 0 Å². The van der Waals surface area contributed by atoms with Gasteiger partial charge in [-0.05, 0) is 49.1 Å². The fourth-order valence-corrected chi connectivity index (χ4v) is 3.71. The molecule has 0 fully saturated rings. The van der Waals surface area contributed by atoms with Crippen molar-refractivity contribution in [2.75, 3.05) is 12.8 Å². The SMILES string of the molecule is CSc1ccc(OC(C#N)CNS(=O)(=O)c2ccccc2)cc1C. The molecule has 0 radical (unpaired) electrons. The van der Waals surface area contributed by atoms with Gasteiger partial charge in [-0.15, -0.1) is 11.8 Å². The summed E-state index contributed by atoms with van der Waals surface area (Å²) in [5.41, 5.74) is 1.04. The predicted molar refractivity (Wildman–Crippen MR) is 94.6 cm³/mol. The van der Waals surface area contributed by atoms with Crippen molar-refractivity contribution in [3.63, 3.8) is 0 Å². The van der Waals surface area contributed by atoms with E-state index < -0.39 is 16.1 Å². The first-order chi connectivity index (χ1) is 11.5. The fourth-order valence-electron chi connectivity index (χ4n) is 2.07. The second kappa shape index (κ2) is 8.20. The number of aryl methyl sites for hydroxylation is 1. The molecule has 2 aromatic rings. The molecule has 0 saturated carbocycles. The van der Waals surface area contributed by atoms with Crippen molar-refractivity contribution < 1.29 is 13.2 Å². The van der Waals surface area contributed by atoms with Crippen molar-refractivity contribution in [3.05, 3.63) is 54.1 Å². The number of rotatable bonds is 7. The Morgan fingerprint density at radius 1 is 1.25 bits per heavy atom. The summed E-state index contributed by atoms with van der Waals surface area (Å²) >= 11 is 1.63. The molecule has 2 aromatic carbocycles. The van der Waals surface area contributed by atoms with Crippen molar-refractivity contribution in [2.24, 2.45) is 0 Å². The lowest BCUT2D eigenvalue weighted by Gasteiger charge is -2.14. The van der Waals surface area contributed by atoms with Gasteiger partial charge in [0, 0.05) is 4.90 Å². The third-order valence-electron chi connectivity index (χ3n) is 3.30. The Hall–Kier alpha value is -2.01. The molecule has 1 unspecified atom stereocenters. The first-order valence-corrected chi connectivity index (χ1v) is 9.92. The highest BCUT2D eigenvalue weighted by atomic mass is 32.2. The summed E-state index contributed by atoms with van der Waals surface area (Å²) in [6, 6.07) is 15.5. The maximum Gasteiger partial charge on any atom is 0.240 e. The minimum Gasteiger partial charge on any atom is -0.474 e. The van der Waals surface area contributed by atoms with Crippen LogP contribution in [0.3, 0.4) is 0 Å². The van der Waals surface area contributed by atoms with Crippen molar-refractivity contribution in [2.45, 2.75) is 22.8 Å². The lowest BCUT2D eigenvalue weighted by molar-refractivity contribution is 0.258. The highest BCUT2D eigenvalue weighted by Crippen LogP contribution is 2.24. The van der Waals surface area contributed by atoms with Gasteiger partial charge in [0.25, 0.3) is 0 Å². The molecule has 1 atom stereocenters. The molecule has 0 aliphatic carbocycles. The van der Waals surface area contributed by atoms with Crippen LogP contribution in [-0.4, -0.2) is 27.3 Å². The number of benzene rings is 2. The van der Waals surface area contributed by atoms with Gasteiger partial charge in [0.1, 0.15) is 11.8 Å². The van der Waals surface area contributed by atoms with E-state index in [-0.39, 0.29) is 11.4 Å². The van der Waals surface area contributed by atoms with E-state index in [4.69, 9.17) is 4.74 Å². The van der Waals surface area contributed by atoms with E-state index in [1.165, 1.54) is 12.1 Å². The quantitative estimate of drug-likeness (QED) is 0.766. The maximum atomic E-state index is 12.2. The van der Waals surface area contributed by atoms with Gasteiger partial charge >= 0.3 is 0 Å². The Morgan fingerprint density at radius 3 is 2.54 bits per heavy atom. The van der Waals surface area contributed by atoms with E-state index in [1.807, 2.05) is 31.4 Å². The fraction of sp³-hybridized carbons (Fsp3) is 0.235. The summed E-state index contributed by atoms with van der Waals surface area (Å²) in [5.74, 6) is 0.538. The number of ether oxygens (including phenoxy) is 1. The molecule has 0 amide bonds. The van der Waals surface area contributed by atoms with Crippen LogP contribution in [0.1, 0.15) is 5.56 Å². The van der Waals surface area contributed by atoms with E-state index in [0.717, 1.165) is 10.5 Å². The molecule has 1 N–H and O–H groups in total. The van der Waals surface area contributed by atoms with E-state index in [0.29, 0.717) is 5.75 Å². The molecule has 0 saturated heterocycles. The molecule has 0 heterocycles. The lowest BCUT2D eigenvalue weighted by Crippen LogP contribution is -2.34. The molecule has 0 spiro atoms. The van der Waals surface area contributed by atoms with Gasteiger partial charge in [-0.2, -0.15) is 5.26 Å². The van der Waals surface area contributed by atoms with Gasteiger partial charge in [0.2, 0.25) is 10.0 Å². The first kappa shape index (κ1) is 18.3. The first-order valence-electron chi connectivity index (χ1n) is 7.22. The molecule has 7 heteroatoms. The van der Waals surface area contributed by atoms with Crippen LogP contribution in [0.25, 0.3) is 0 Å². The number of nitriles is 1. The monoisotopic (exact) mass is 362 g/mol. The summed E-state index contributed by atoms with van der Waals surface area (Å²) in [4.78, 5) is 1.28. The highest BCUT2D eigenvalue weighted by molar-refractivity contribution is 7.98. The zero-order valence-electron chi connectivity index (χ0n) is 13.4. The molecular weight excluding hydrogens is 344 g/mol. The van der Waals surface area contributed by atoms with Gasteiger partial charge in [-0.25, -0.2) is 13.1 Å². The number of hydrogen-bond donors (Lipinski definition) is 1. The number of nitrogens with one attached hydrogen (secondary N) is 1. The topological polar surface area (TPSA) is 79.2 Å². The molecule has 126 valence electrons. The third kappa shape index (κ3) is 4.74. The average molecular weight is 362 g/mol. The Morgan fingerprint density at radius 2 is 1.96 bits per heavy atom. The minimum absolute atomic E-state index is 0.128. The Bertz CT molecular complexity index is 831. The summed E-state index contributed by atoms with van der Waals surface area (Å²) < 4.78 is 32.3. The van der Waals surface area contributed by atoms with Crippen LogP contribution >= 0.6 is 11.8 Å². The van der Waals surface area contributed by atoms with Crippen molar-refractivity contribution in [1.29, 1.82) is 5.26 Å². The Balaban J connectivity index is 2.03. The largest absolute Gasteiger partial charge is 0.474 e. The number of thioether (sulfide) groups is 1. The third-order valence-corrected chi connectivity index (χ3v) is 5.64. The summed E-state index contributed by atoms with van der Waals surface area (Å²) in [6.45, 7) is 1.83. The zero-order valence-corrected chi connectivity index (χ0v) is 15.0. The van der Waals surface area contributed by atoms with Crippen LogP contribution in [0, 0.1) is 18.3 Å². The molecular formula is C17H18N2O3S2. The summed E-state index contributed by atoms with van der Waals surface area (Å²) in [7, 11) is -3.66. The van der Waals surface area contributed by atoms with E-state index in [9.17, 15) is 13.7 Å². The molecule has 2 rings (SSSR count). The van der Waals surface area contributed by atoms with Gasteiger partial charge in [-0.1, -0.05) is 18.2 Å². The average Bonchev–Trinajstić information content (AvgIpc) is 2.59. The summed E-state index contributed by atoms with van der Waals surface area (Å²) in [5, 5.41) is 9.21. The Labute approximate surface area is 146 Å². The molecule has 0 bridgehead atoms. The maximum absolute atomic E-state index is 12.2. The van der Waals surface area contributed by atoms with E-state index >= 15 is 0 Å². The van der Waals surface area contributed by atoms with Crippen molar-refractivity contribution >= 4 is 21.8 Å². The molecule has 0 aliphatic heterocycles. The van der Waals surface area contributed by atoms with E-state index in [1.54, 1.807) is 36.0 Å². The van der Waals surface area contributed by atoms with Crippen LogP contribution in [0.4, 0.5) is 0 Å². The normalized spacial score (nSPS) is 12.4. The number of sulfonamides is 1.